The minimum Gasteiger partial charge on any atom is -0.368 e. The molecule has 30 heavy (non-hydrogen) atoms. The van der Waals surface area contributed by atoms with Gasteiger partial charge in [-0.05, 0) is 36.6 Å². The highest BCUT2D eigenvalue weighted by molar-refractivity contribution is 5.79. The van der Waals surface area contributed by atoms with Gasteiger partial charge in [0.05, 0.1) is 24.4 Å². The van der Waals surface area contributed by atoms with Crippen LogP contribution in [0.5, 0.6) is 0 Å². The van der Waals surface area contributed by atoms with Crippen LogP contribution < -0.4 is 0 Å². The van der Waals surface area contributed by atoms with E-state index in [4.69, 9.17) is 4.74 Å². The number of carbonyl (C=O) groups excluding carboxylic acids is 1. The van der Waals surface area contributed by atoms with Gasteiger partial charge in [0.15, 0.2) is 0 Å². The number of ether oxygens (including phenoxy) is 1. The van der Waals surface area contributed by atoms with E-state index < -0.39 is 11.7 Å². The maximum absolute atomic E-state index is 13.3. The summed E-state index contributed by atoms with van der Waals surface area (Å²) in [6.07, 6.45) is -0.564. The summed E-state index contributed by atoms with van der Waals surface area (Å²) in [6.45, 7) is 1.45. The van der Waals surface area contributed by atoms with Gasteiger partial charge in [-0.25, -0.2) is 0 Å². The number of morpholine rings is 1. The molecule has 2 heterocycles. The summed E-state index contributed by atoms with van der Waals surface area (Å²) in [5.41, 5.74) is 0.754. The van der Waals surface area contributed by atoms with Crippen LogP contribution in [0.15, 0.2) is 42.5 Å². The Morgan fingerprint density at radius 3 is 2.63 bits per heavy atom. The van der Waals surface area contributed by atoms with E-state index in [2.05, 4.69) is 4.98 Å². The summed E-state index contributed by atoms with van der Waals surface area (Å²) >= 11 is 0. The predicted molar refractivity (Wildman–Crippen MR) is 106 cm³/mol. The normalized spacial score (nSPS) is 20.5. The zero-order valence-electron chi connectivity index (χ0n) is 16.7. The molecule has 0 spiro atoms. The fourth-order valence-electron chi connectivity index (χ4n) is 4.38. The van der Waals surface area contributed by atoms with Crippen LogP contribution in [-0.4, -0.2) is 35.5 Å². The number of pyridine rings is 1. The van der Waals surface area contributed by atoms with Crippen molar-refractivity contribution in [2.75, 3.05) is 19.7 Å². The van der Waals surface area contributed by atoms with E-state index in [1.165, 1.54) is 12.1 Å². The zero-order chi connectivity index (χ0) is 21.1. The molecule has 7 heteroatoms. The number of benzene rings is 1. The average molecular weight is 418 g/mol. The van der Waals surface area contributed by atoms with Gasteiger partial charge in [0.25, 0.3) is 0 Å². The molecule has 1 amide bonds. The number of alkyl halides is 3. The zero-order valence-corrected chi connectivity index (χ0v) is 16.7. The second-order valence-electron chi connectivity index (χ2n) is 8.01. The Labute approximate surface area is 174 Å². The Bertz CT molecular complexity index is 894. The van der Waals surface area contributed by atoms with Gasteiger partial charge in [0.1, 0.15) is 6.10 Å². The van der Waals surface area contributed by atoms with Crippen molar-refractivity contribution in [3.63, 3.8) is 0 Å². The number of aromatic nitrogens is 1. The van der Waals surface area contributed by atoms with Gasteiger partial charge in [0, 0.05) is 24.6 Å². The molecule has 1 atom stereocenters. The first-order valence-electron chi connectivity index (χ1n) is 10.4. The van der Waals surface area contributed by atoms with Crippen LogP contribution in [0.1, 0.15) is 54.3 Å². The highest BCUT2D eigenvalue weighted by Gasteiger charge is 2.34. The fourth-order valence-corrected chi connectivity index (χ4v) is 4.38. The number of hydrogen-bond acceptors (Lipinski definition) is 3. The lowest BCUT2D eigenvalue weighted by atomic mass is 10.0. The largest absolute Gasteiger partial charge is 0.416 e. The maximum Gasteiger partial charge on any atom is 0.416 e. The first kappa shape index (κ1) is 20.8. The number of nitrogens with zero attached hydrogens (tertiary/aromatic N) is 2. The molecule has 2 aromatic rings. The van der Waals surface area contributed by atoms with E-state index >= 15 is 0 Å². The quantitative estimate of drug-likeness (QED) is 0.718. The number of carbonyl (C=O) groups is 1. The second-order valence-corrected chi connectivity index (χ2v) is 8.01. The van der Waals surface area contributed by atoms with E-state index in [0.29, 0.717) is 31.1 Å². The third kappa shape index (κ3) is 4.67. The summed E-state index contributed by atoms with van der Waals surface area (Å²) < 4.78 is 45.7. The topological polar surface area (TPSA) is 42.4 Å². The van der Waals surface area contributed by atoms with Gasteiger partial charge >= 0.3 is 6.18 Å². The molecular formula is C23H25F3N2O2. The Balaban J connectivity index is 1.49. The van der Waals surface area contributed by atoms with Crippen LogP contribution in [0.3, 0.4) is 0 Å². The molecule has 2 fully saturated rings. The molecule has 0 N–H and O–H groups in total. The molecule has 0 bridgehead atoms. The van der Waals surface area contributed by atoms with Gasteiger partial charge in [0.2, 0.25) is 5.91 Å². The van der Waals surface area contributed by atoms with E-state index in [1.54, 1.807) is 18.2 Å². The lowest BCUT2D eigenvalue weighted by Crippen LogP contribution is -2.44. The molecular weight excluding hydrogens is 393 g/mol. The van der Waals surface area contributed by atoms with Crippen molar-refractivity contribution >= 4 is 5.91 Å². The van der Waals surface area contributed by atoms with Crippen molar-refractivity contribution in [1.29, 1.82) is 0 Å². The molecule has 1 aromatic heterocycles. The van der Waals surface area contributed by atoms with Crippen LogP contribution in [-0.2, 0) is 22.1 Å². The maximum atomic E-state index is 13.3. The number of halogens is 3. The highest BCUT2D eigenvalue weighted by Crippen LogP contribution is 2.33. The Morgan fingerprint density at radius 1 is 1.10 bits per heavy atom. The van der Waals surface area contributed by atoms with Crippen molar-refractivity contribution < 1.29 is 22.7 Å². The lowest BCUT2D eigenvalue weighted by molar-refractivity contribution is -0.143. The molecule has 0 radical (unpaired) electrons. The van der Waals surface area contributed by atoms with Crippen LogP contribution in [0, 0.1) is 5.92 Å². The van der Waals surface area contributed by atoms with E-state index in [1.807, 2.05) is 11.0 Å². The van der Waals surface area contributed by atoms with Crippen molar-refractivity contribution in [3.05, 3.63) is 65.0 Å². The first-order valence-corrected chi connectivity index (χ1v) is 10.4. The van der Waals surface area contributed by atoms with Gasteiger partial charge in [-0.2, -0.15) is 13.2 Å². The van der Waals surface area contributed by atoms with E-state index in [0.717, 1.165) is 31.7 Å². The lowest BCUT2D eigenvalue weighted by Gasteiger charge is -2.34. The summed E-state index contributed by atoms with van der Waals surface area (Å²) in [7, 11) is 0. The number of rotatable bonds is 4. The Morgan fingerprint density at radius 2 is 1.87 bits per heavy atom. The minimum atomic E-state index is -4.40. The predicted octanol–water partition coefficient (Wildman–Crippen LogP) is 4.78. The molecule has 1 saturated carbocycles. The standard InChI is InChI=1S/C23H25F3N2O2/c24-23(25,26)19-10-4-3-8-17(19)14-18-9-5-11-20(27-18)21-15-28(12-13-30-21)22(29)16-6-1-2-7-16/h3-5,8-11,16,21H,1-2,6-7,12-15H2/t21-/m1/s1. The van der Waals surface area contributed by atoms with E-state index in [-0.39, 0.29) is 29.9 Å². The number of amides is 1. The molecule has 160 valence electrons. The molecule has 2 aliphatic rings. The first-order chi connectivity index (χ1) is 14.4. The van der Waals surface area contributed by atoms with Gasteiger partial charge in [-0.1, -0.05) is 37.1 Å². The van der Waals surface area contributed by atoms with Crippen molar-refractivity contribution in [2.45, 2.75) is 44.4 Å². The molecule has 1 saturated heterocycles. The molecule has 1 aliphatic heterocycles. The molecule has 1 aromatic carbocycles. The van der Waals surface area contributed by atoms with Gasteiger partial charge in [-0.15, -0.1) is 0 Å². The highest BCUT2D eigenvalue weighted by atomic mass is 19.4. The van der Waals surface area contributed by atoms with E-state index in [9.17, 15) is 18.0 Å². The third-order valence-electron chi connectivity index (χ3n) is 5.94. The summed E-state index contributed by atoms with van der Waals surface area (Å²) in [5, 5.41) is 0. The Hall–Kier alpha value is -2.41. The van der Waals surface area contributed by atoms with Crippen LogP contribution in [0.2, 0.25) is 0 Å². The Kier molecular flexibility index (Phi) is 6.09. The van der Waals surface area contributed by atoms with Crippen molar-refractivity contribution in [2.24, 2.45) is 5.92 Å². The van der Waals surface area contributed by atoms with Crippen molar-refractivity contribution in [1.82, 2.24) is 9.88 Å². The minimum absolute atomic E-state index is 0.0843. The average Bonchev–Trinajstić information content (AvgIpc) is 3.28. The van der Waals surface area contributed by atoms with Gasteiger partial charge in [-0.3, -0.25) is 9.78 Å². The molecule has 4 rings (SSSR count). The summed E-state index contributed by atoms with van der Waals surface area (Å²) in [4.78, 5) is 19.2. The van der Waals surface area contributed by atoms with Crippen LogP contribution in [0.4, 0.5) is 13.2 Å². The fraction of sp³-hybridized carbons (Fsp3) is 0.478. The van der Waals surface area contributed by atoms with Gasteiger partial charge < -0.3 is 9.64 Å². The smallest absolute Gasteiger partial charge is 0.368 e. The monoisotopic (exact) mass is 418 g/mol. The third-order valence-corrected chi connectivity index (χ3v) is 5.94. The molecule has 0 unspecified atom stereocenters. The van der Waals surface area contributed by atoms with Crippen molar-refractivity contribution in [3.8, 4) is 0 Å². The second kappa shape index (κ2) is 8.76. The summed E-state index contributed by atoms with van der Waals surface area (Å²) in [6, 6.07) is 10.9. The molecule has 1 aliphatic carbocycles. The SMILES string of the molecule is O=C(C1CCCC1)N1CCO[C@@H](c2cccc(Cc3ccccc3C(F)(F)F)n2)C1. The van der Waals surface area contributed by atoms with Crippen LogP contribution in [0.25, 0.3) is 0 Å². The molecule has 4 nitrogen and oxygen atoms in total. The summed E-state index contributed by atoms with van der Waals surface area (Å²) in [5.74, 6) is 0.304. The number of hydrogen-bond donors (Lipinski definition) is 0. The van der Waals surface area contributed by atoms with Crippen LogP contribution >= 0.6 is 0 Å².